The van der Waals surface area contributed by atoms with Gasteiger partial charge in [-0.15, -0.1) is 11.3 Å². The normalized spacial score (nSPS) is 11.6. The van der Waals surface area contributed by atoms with E-state index < -0.39 is 0 Å². The van der Waals surface area contributed by atoms with Crippen LogP contribution in [0.3, 0.4) is 0 Å². The van der Waals surface area contributed by atoms with E-state index in [1.165, 1.54) is 31.3 Å². The van der Waals surface area contributed by atoms with E-state index in [1.807, 2.05) is 29.5 Å². The maximum absolute atomic E-state index is 5.13. The zero-order valence-electron chi connectivity index (χ0n) is 21.0. The van der Waals surface area contributed by atoms with Gasteiger partial charge in [0.05, 0.1) is 22.4 Å². The average Bonchev–Trinajstić information content (AvgIpc) is 3.40. The Balaban J connectivity index is 1.22. The maximum atomic E-state index is 5.13. The summed E-state index contributed by atoms with van der Waals surface area (Å²) in [6.45, 7) is 0. The van der Waals surface area contributed by atoms with Crippen molar-refractivity contribution in [2.45, 2.75) is 0 Å². The Morgan fingerprint density at radius 3 is 1.69 bits per heavy atom. The number of thiophene rings is 1. The minimum atomic E-state index is 0.932. The highest BCUT2D eigenvalue weighted by Crippen LogP contribution is 2.40. The first-order valence-corrected chi connectivity index (χ1v) is 13.9. The Labute approximate surface area is 229 Å². The maximum Gasteiger partial charge on any atom is 0.0972 e. The number of hydrogen-bond donors (Lipinski definition) is 0. The van der Waals surface area contributed by atoms with Gasteiger partial charge >= 0.3 is 0 Å². The molecule has 3 aromatic heterocycles. The first-order valence-electron chi connectivity index (χ1n) is 13.1. The molecule has 3 heterocycles. The Hall–Kier alpha value is -4.86. The van der Waals surface area contributed by atoms with Crippen molar-refractivity contribution in [2.75, 3.05) is 0 Å². The minimum absolute atomic E-state index is 0.932. The number of fused-ring (bicyclic) bond motifs is 6. The first kappa shape index (κ1) is 22.2. The lowest BCUT2D eigenvalue weighted by atomic mass is 10.00. The molecule has 0 radical (unpaired) electrons. The smallest absolute Gasteiger partial charge is 0.0972 e. The van der Waals surface area contributed by atoms with Crippen LogP contribution in [0.4, 0.5) is 0 Å². The van der Waals surface area contributed by atoms with Crippen LogP contribution in [0, 0.1) is 0 Å². The Morgan fingerprint density at radius 2 is 0.974 bits per heavy atom. The van der Waals surface area contributed by atoms with Gasteiger partial charge in [0.2, 0.25) is 0 Å². The van der Waals surface area contributed by atoms with Crippen molar-refractivity contribution in [3.63, 3.8) is 0 Å². The topological polar surface area (TPSA) is 25.8 Å². The molecule has 0 unspecified atom stereocenters. The molecular weight excluding hydrogens is 492 g/mol. The van der Waals surface area contributed by atoms with Gasteiger partial charge in [0.1, 0.15) is 0 Å². The van der Waals surface area contributed by atoms with Crippen LogP contribution in [0.1, 0.15) is 0 Å². The molecule has 0 aliphatic carbocycles. The van der Waals surface area contributed by atoms with Gasteiger partial charge in [-0.2, -0.15) is 0 Å². The van der Waals surface area contributed by atoms with Crippen LogP contribution < -0.4 is 0 Å². The van der Waals surface area contributed by atoms with E-state index >= 15 is 0 Å². The third-order valence-electron chi connectivity index (χ3n) is 7.49. The fraction of sp³-hybridized carbons (Fsp3) is 0. The zero-order valence-corrected chi connectivity index (χ0v) is 21.8. The zero-order chi connectivity index (χ0) is 25.8. The molecule has 0 atom stereocenters. The van der Waals surface area contributed by atoms with Gasteiger partial charge in [-0.05, 0) is 29.3 Å². The average molecular weight is 515 g/mol. The van der Waals surface area contributed by atoms with Crippen LogP contribution >= 0.6 is 11.3 Å². The van der Waals surface area contributed by atoms with E-state index in [0.29, 0.717) is 0 Å². The largest absolute Gasteiger partial charge is 0.245 e. The van der Waals surface area contributed by atoms with Crippen molar-refractivity contribution in [3.05, 3.63) is 133 Å². The summed E-state index contributed by atoms with van der Waals surface area (Å²) in [5, 5.41) is 4.84. The monoisotopic (exact) mass is 514 g/mol. The van der Waals surface area contributed by atoms with Crippen LogP contribution in [-0.2, 0) is 0 Å². The van der Waals surface area contributed by atoms with E-state index in [1.54, 1.807) is 0 Å². The number of hydrogen-bond acceptors (Lipinski definition) is 3. The van der Waals surface area contributed by atoms with E-state index in [4.69, 9.17) is 9.97 Å². The van der Waals surface area contributed by atoms with E-state index in [9.17, 15) is 0 Å². The van der Waals surface area contributed by atoms with Gasteiger partial charge in [0.25, 0.3) is 0 Å². The molecule has 182 valence electrons. The summed E-state index contributed by atoms with van der Waals surface area (Å²) in [4.78, 5) is 10.2. The van der Waals surface area contributed by atoms with E-state index in [-0.39, 0.29) is 0 Å². The molecule has 5 aromatic carbocycles. The van der Waals surface area contributed by atoms with Crippen molar-refractivity contribution in [3.8, 4) is 33.6 Å². The summed E-state index contributed by atoms with van der Waals surface area (Å²) in [7, 11) is 0. The van der Waals surface area contributed by atoms with Gasteiger partial charge in [-0.3, -0.25) is 0 Å². The fourth-order valence-corrected chi connectivity index (χ4v) is 6.73. The van der Waals surface area contributed by atoms with E-state index in [2.05, 4.69) is 115 Å². The van der Waals surface area contributed by atoms with Gasteiger partial charge < -0.3 is 0 Å². The third-order valence-corrected chi connectivity index (χ3v) is 8.71. The molecule has 0 aliphatic rings. The predicted octanol–water partition coefficient (Wildman–Crippen LogP) is 10.2. The third kappa shape index (κ3) is 3.70. The van der Waals surface area contributed by atoms with Crippen LogP contribution in [0.2, 0.25) is 0 Å². The first-order chi connectivity index (χ1) is 19.3. The highest BCUT2D eigenvalue weighted by molar-refractivity contribution is 7.26. The summed E-state index contributed by atoms with van der Waals surface area (Å²) < 4.78 is 2.66. The van der Waals surface area contributed by atoms with Crippen molar-refractivity contribution in [2.24, 2.45) is 0 Å². The van der Waals surface area contributed by atoms with Gasteiger partial charge in [0.15, 0.2) is 0 Å². The molecule has 2 nitrogen and oxygen atoms in total. The summed E-state index contributed by atoms with van der Waals surface area (Å²) >= 11 is 1.87. The molecular formula is C36H22N2S. The highest BCUT2D eigenvalue weighted by atomic mass is 32.1. The number of aromatic nitrogens is 2. The van der Waals surface area contributed by atoms with Gasteiger partial charge in [0, 0.05) is 42.1 Å². The summed E-state index contributed by atoms with van der Waals surface area (Å²) in [6.07, 6.45) is 0. The second-order valence-corrected chi connectivity index (χ2v) is 10.9. The Bertz CT molecular complexity index is 2160. The predicted molar refractivity (Wildman–Crippen MR) is 166 cm³/mol. The van der Waals surface area contributed by atoms with Crippen molar-refractivity contribution in [1.82, 2.24) is 9.97 Å². The standard InChI is InChI=1S/C36H22N2S/c1-2-7-24(8-3-1)31-21-19-26-17-18-27-20-22-32(38-35(27)34(26)37-31)25-15-13-23(14-16-25)28-10-6-11-30-29-9-4-5-12-33(29)39-36(28)30/h1-22H. The van der Waals surface area contributed by atoms with Crippen LogP contribution in [0.15, 0.2) is 133 Å². The molecule has 0 bridgehead atoms. The highest BCUT2D eigenvalue weighted by Gasteiger charge is 2.12. The summed E-state index contributed by atoms with van der Waals surface area (Å²) in [5.41, 5.74) is 8.48. The number of nitrogens with zero attached hydrogens (tertiary/aromatic N) is 2. The van der Waals surface area contributed by atoms with Crippen LogP contribution in [-0.4, -0.2) is 9.97 Å². The summed E-state index contributed by atoms with van der Waals surface area (Å²) in [6, 6.07) is 47.1. The molecule has 0 fully saturated rings. The molecule has 8 rings (SSSR count). The fourth-order valence-electron chi connectivity index (χ4n) is 5.49. The molecule has 0 aliphatic heterocycles. The summed E-state index contributed by atoms with van der Waals surface area (Å²) in [5.74, 6) is 0. The Kier molecular flexibility index (Phi) is 5.04. The Morgan fingerprint density at radius 1 is 0.410 bits per heavy atom. The number of rotatable bonds is 3. The second-order valence-electron chi connectivity index (χ2n) is 9.83. The lowest BCUT2D eigenvalue weighted by Gasteiger charge is -2.09. The number of pyridine rings is 2. The SMILES string of the molecule is c1ccc(-c2ccc3ccc4ccc(-c5ccc(-c6cccc7c6sc6ccccc67)cc5)nc4c3n2)cc1. The molecule has 3 heteroatoms. The van der Waals surface area contributed by atoms with Gasteiger partial charge in [-0.25, -0.2) is 9.97 Å². The molecule has 8 aromatic rings. The van der Waals surface area contributed by atoms with Gasteiger partial charge in [-0.1, -0.05) is 115 Å². The lowest BCUT2D eigenvalue weighted by molar-refractivity contribution is 1.36. The molecule has 0 saturated heterocycles. The van der Waals surface area contributed by atoms with Crippen molar-refractivity contribution < 1.29 is 0 Å². The molecule has 0 N–H and O–H groups in total. The molecule has 39 heavy (non-hydrogen) atoms. The van der Waals surface area contributed by atoms with Crippen molar-refractivity contribution in [1.29, 1.82) is 0 Å². The van der Waals surface area contributed by atoms with Crippen LogP contribution in [0.25, 0.3) is 75.6 Å². The number of benzene rings is 5. The molecule has 0 saturated carbocycles. The van der Waals surface area contributed by atoms with E-state index in [0.717, 1.165) is 44.3 Å². The van der Waals surface area contributed by atoms with Crippen LogP contribution in [0.5, 0.6) is 0 Å². The minimum Gasteiger partial charge on any atom is -0.245 e. The quantitative estimate of drug-likeness (QED) is 0.219. The molecule has 0 amide bonds. The lowest BCUT2D eigenvalue weighted by Crippen LogP contribution is -1.91. The molecule has 0 spiro atoms. The second kappa shape index (κ2) is 8.87. The van der Waals surface area contributed by atoms with Crippen molar-refractivity contribution >= 4 is 53.3 Å².